The molecule has 3 rings (SSSR count). The second-order valence-corrected chi connectivity index (χ2v) is 5.48. The zero-order valence-electron chi connectivity index (χ0n) is 12.3. The van der Waals surface area contributed by atoms with E-state index in [1.54, 1.807) is 18.3 Å². The molecule has 0 amide bonds. The van der Waals surface area contributed by atoms with E-state index in [-0.39, 0.29) is 22.7 Å². The second kappa shape index (κ2) is 8.32. The molecule has 1 heterocycles. The first-order valence-corrected chi connectivity index (χ1v) is 7.65. The first kappa shape index (κ1) is 17.8. The number of aromatic nitrogens is 1. The maximum Gasteiger partial charge on any atom is 0.269 e. The van der Waals surface area contributed by atoms with Gasteiger partial charge in [-0.3, -0.25) is 15.5 Å². The second-order valence-electron chi connectivity index (χ2n) is 4.62. The quantitative estimate of drug-likeness (QED) is 0.378. The van der Waals surface area contributed by atoms with Crippen molar-refractivity contribution in [2.75, 3.05) is 5.43 Å². The molecule has 1 aromatic heterocycles. The number of hydrogen-bond acceptors (Lipinski definition) is 6. The van der Waals surface area contributed by atoms with Crippen molar-refractivity contribution in [2.24, 2.45) is 5.10 Å². The third-order valence-electron chi connectivity index (χ3n) is 3.05. The lowest BCUT2D eigenvalue weighted by Gasteiger charge is -1.96. The van der Waals surface area contributed by atoms with E-state index in [2.05, 4.69) is 15.5 Å². The molecule has 0 aliphatic carbocycles. The Kier molecular flexibility index (Phi) is 6.16. The van der Waals surface area contributed by atoms with E-state index in [1.807, 2.05) is 35.7 Å². The molecule has 0 saturated carbocycles. The van der Waals surface area contributed by atoms with Crippen LogP contribution < -0.4 is 5.43 Å². The van der Waals surface area contributed by atoms with Crippen molar-refractivity contribution < 1.29 is 4.92 Å². The van der Waals surface area contributed by atoms with Gasteiger partial charge in [0.05, 0.1) is 16.8 Å². The minimum absolute atomic E-state index is 0. The summed E-state index contributed by atoms with van der Waals surface area (Å²) < 4.78 is 0. The highest BCUT2D eigenvalue weighted by Gasteiger charge is 2.07. The Bertz CT molecular complexity index is 835. The predicted molar refractivity (Wildman–Crippen MR) is 102 cm³/mol. The van der Waals surface area contributed by atoms with Crippen LogP contribution in [-0.2, 0) is 0 Å². The summed E-state index contributed by atoms with van der Waals surface area (Å²) in [5.41, 5.74) is 5.52. The molecule has 122 valence electrons. The van der Waals surface area contributed by atoms with Gasteiger partial charge in [-0.25, -0.2) is 4.98 Å². The molecule has 6 nitrogen and oxygen atoms in total. The van der Waals surface area contributed by atoms with E-state index in [0.717, 1.165) is 16.8 Å². The van der Waals surface area contributed by atoms with E-state index in [9.17, 15) is 10.1 Å². The highest BCUT2D eigenvalue weighted by Crippen LogP contribution is 2.26. The zero-order chi connectivity index (χ0) is 16.1. The first-order valence-electron chi connectivity index (χ1n) is 6.77. The van der Waals surface area contributed by atoms with Gasteiger partial charge in [0, 0.05) is 23.1 Å². The van der Waals surface area contributed by atoms with Gasteiger partial charge in [0.15, 0.2) is 0 Å². The third-order valence-corrected chi connectivity index (χ3v) is 3.80. The Balaban J connectivity index is 0.00000208. The molecule has 0 unspecified atom stereocenters. The summed E-state index contributed by atoms with van der Waals surface area (Å²) in [4.78, 5) is 14.6. The number of nitrogens with zero attached hydrogens (tertiary/aromatic N) is 3. The topological polar surface area (TPSA) is 80.4 Å². The molecule has 0 saturated heterocycles. The Morgan fingerprint density at radius 3 is 2.50 bits per heavy atom. The average molecular weight is 405 g/mol. The van der Waals surface area contributed by atoms with Crippen molar-refractivity contribution in [3.05, 3.63) is 75.7 Å². The standard InChI is InChI=1S/C16H12N4O2S.BrH/c21-20(22)14-8-6-13(7-9-14)15-11-23-16(18-15)19-17-10-12-4-2-1-3-5-12;/h1-11H,(H,18,19);1H/b17-10+;. The van der Waals surface area contributed by atoms with E-state index in [1.165, 1.54) is 23.5 Å². The number of benzene rings is 2. The average Bonchev–Trinajstić information content (AvgIpc) is 3.05. The number of thiazole rings is 1. The lowest BCUT2D eigenvalue weighted by molar-refractivity contribution is -0.384. The van der Waals surface area contributed by atoms with Crippen molar-refractivity contribution in [2.45, 2.75) is 0 Å². The highest BCUT2D eigenvalue weighted by molar-refractivity contribution is 8.93. The molecular formula is C16H13BrN4O2S. The van der Waals surface area contributed by atoms with Gasteiger partial charge < -0.3 is 0 Å². The smallest absolute Gasteiger partial charge is 0.258 e. The minimum Gasteiger partial charge on any atom is -0.258 e. The SMILES string of the molecule is Br.O=[N+]([O-])c1ccc(-c2csc(N/N=C/c3ccccc3)n2)cc1. The summed E-state index contributed by atoms with van der Waals surface area (Å²) in [6, 6.07) is 16.0. The number of nitro benzene ring substituents is 1. The van der Waals surface area contributed by atoms with Crippen LogP contribution in [0.5, 0.6) is 0 Å². The van der Waals surface area contributed by atoms with Crippen LogP contribution in [0.4, 0.5) is 10.8 Å². The molecule has 0 aliphatic heterocycles. The maximum absolute atomic E-state index is 10.7. The molecular weight excluding hydrogens is 392 g/mol. The summed E-state index contributed by atoms with van der Waals surface area (Å²) in [5.74, 6) is 0. The summed E-state index contributed by atoms with van der Waals surface area (Å²) >= 11 is 1.42. The van der Waals surface area contributed by atoms with Crippen molar-refractivity contribution in [3.63, 3.8) is 0 Å². The molecule has 2 aromatic carbocycles. The lowest BCUT2D eigenvalue weighted by Crippen LogP contribution is -1.90. The number of hydrazone groups is 1. The summed E-state index contributed by atoms with van der Waals surface area (Å²) in [7, 11) is 0. The van der Waals surface area contributed by atoms with Crippen LogP contribution in [0.2, 0.25) is 0 Å². The van der Waals surface area contributed by atoms with Gasteiger partial charge in [0.25, 0.3) is 5.69 Å². The Morgan fingerprint density at radius 2 is 1.83 bits per heavy atom. The van der Waals surface area contributed by atoms with E-state index in [0.29, 0.717) is 5.13 Å². The molecule has 0 aliphatic rings. The van der Waals surface area contributed by atoms with Crippen LogP contribution in [-0.4, -0.2) is 16.1 Å². The van der Waals surface area contributed by atoms with Crippen molar-refractivity contribution >= 4 is 45.4 Å². The molecule has 24 heavy (non-hydrogen) atoms. The molecule has 0 fully saturated rings. The van der Waals surface area contributed by atoms with Crippen LogP contribution in [0.25, 0.3) is 11.3 Å². The Morgan fingerprint density at radius 1 is 1.12 bits per heavy atom. The Labute approximate surface area is 152 Å². The summed E-state index contributed by atoms with van der Waals surface area (Å²) in [5, 5.41) is 17.3. The van der Waals surface area contributed by atoms with Gasteiger partial charge in [-0.05, 0) is 17.7 Å². The minimum atomic E-state index is -0.421. The van der Waals surface area contributed by atoms with Gasteiger partial charge in [0.1, 0.15) is 0 Å². The van der Waals surface area contributed by atoms with Crippen LogP contribution in [0.15, 0.2) is 65.1 Å². The van der Waals surface area contributed by atoms with Gasteiger partial charge in [0.2, 0.25) is 5.13 Å². The molecule has 0 spiro atoms. The lowest BCUT2D eigenvalue weighted by atomic mass is 10.1. The predicted octanol–water partition coefficient (Wildman–Crippen LogP) is 4.74. The van der Waals surface area contributed by atoms with E-state index < -0.39 is 4.92 Å². The molecule has 8 heteroatoms. The number of hydrogen-bond donors (Lipinski definition) is 1. The van der Waals surface area contributed by atoms with Crippen LogP contribution >= 0.6 is 28.3 Å². The van der Waals surface area contributed by atoms with Gasteiger partial charge in [-0.15, -0.1) is 28.3 Å². The molecule has 3 aromatic rings. The summed E-state index contributed by atoms with van der Waals surface area (Å²) in [6.45, 7) is 0. The van der Waals surface area contributed by atoms with Gasteiger partial charge >= 0.3 is 0 Å². The largest absolute Gasteiger partial charge is 0.269 e. The first-order chi connectivity index (χ1) is 11.2. The number of rotatable bonds is 5. The van der Waals surface area contributed by atoms with Crippen molar-refractivity contribution in [1.29, 1.82) is 0 Å². The van der Waals surface area contributed by atoms with Crippen LogP contribution in [0, 0.1) is 10.1 Å². The van der Waals surface area contributed by atoms with E-state index >= 15 is 0 Å². The van der Waals surface area contributed by atoms with Crippen molar-refractivity contribution in [3.8, 4) is 11.3 Å². The van der Waals surface area contributed by atoms with Crippen molar-refractivity contribution in [1.82, 2.24) is 4.98 Å². The number of non-ortho nitro benzene ring substituents is 1. The monoisotopic (exact) mass is 404 g/mol. The highest BCUT2D eigenvalue weighted by atomic mass is 79.9. The summed E-state index contributed by atoms with van der Waals surface area (Å²) in [6.07, 6.45) is 1.72. The number of nitro groups is 1. The zero-order valence-corrected chi connectivity index (χ0v) is 14.9. The van der Waals surface area contributed by atoms with Gasteiger partial charge in [-0.1, -0.05) is 30.3 Å². The fourth-order valence-corrected chi connectivity index (χ4v) is 2.58. The third kappa shape index (κ3) is 4.46. The van der Waals surface area contributed by atoms with Crippen LogP contribution in [0.3, 0.4) is 0 Å². The molecule has 0 bridgehead atoms. The van der Waals surface area contributed by atoms with Crippen LogP contribution in [0.1, 0.15) is 5.56 Å². The maximum atomic E-state index is 10.7. The van der Waals surface area contributed by atoms with E-state index in [4.69, 9.17) is 0 Å². The fraction of sp³-hybridized carbons (Fsp3) is 0. The number of anilines is 1. The Hall–Kier alpha value is -2.58. The molecule has 1 N–H and O–H groups in total. The number of nitrogens with one attached hydrogen (secondary N) is 1. The number of halogens is 1. The fourth-order valence-electron chi connectivity index (χ4n) is 1.91. The normalized spacial score (nSPS) is 10.3. The van der Waals surface area contributed by atoms with Gasteiger partial charge in [-0.2, -0.15) is 5.10 Å². The molecule has 0 radical (unpaired) electrons. The molecule has 0 atom stereocenters.